The predicted molar refractivity (Wildman–Crippen MR) is 63.9 cm³/mol. The van der Waals surface area contributed by atoms with Crippen molar-refractivity contribution in [3.63, 3.8) is 0 Å². The summed E-state index contributed by atoms with van der Waals surface area (Å²) < 4.78 is 5.48. The van der Waals surface area contributed by atoms with E-state index >= 15 is 0 Å². The molecule has 0 amide bonds. The van der Waals surface area contributed by atoms with Crippen LogP contribution in [0.3, 0.4) is 0 Å². The van der Waals surface area contributed by atoms with E-state index in [1.165, 1.54) is 19.4 Å². The summed E-state index contributed by atoms with van der Waals surface area (Å²) in [7, 11) is 1.79. The van der Waals surface area contributed by atoms with Crippen molar-refractivity contribution >= 4 is 0 Å². The summed E-state index contributed by atoms with van der Waals surface area (Å²) in [5.74, 6) is 0. The molecule has 15 heavy (non-hydrogen) atoms. The second-order valence-corrected chi connectivity index (χ2v) is 5.29. The minimum atomic E-state index is -0.0266. The summed E-state index contributed by atoms with van der Waals surface area (Å²) in [4.78, 5) is 2.54. The van der Waals surface area contributed by atoms with Crippen molar-refractivity contribution in [2.75, 3.05) is 20.2 Å². The van der Waals surface area contributed by atoms with Crippen LogP contribution in [0.4, 0.5) is 0 Å². The Hall–Kier alpha value is -0.120. The first-order chi connectivity index (χ1) is 7.00. The average molecular weight is 214 g/mol. The fraction of sp³-hybridized carbons (Fsp3) is 1.00. The quantitative estimate of drug-likeness (QED) is 0.755. The van der Waals surface area contributed by atoms with E-state index in [1.54, 1.807) is 7.11 Å². The number of hydrogen-bond donors (Lipinski definition) is 1. The van der Waals surface area contributed by atoms with Gasteiger partial charge in [-0.3, -0.25) is 4.90 Å². The van der Waals surface area contributed by atoms with Crippen LogP contribution in [0, 0.1) is 0 Å². The van der Waals surface area contributed by atoms with Gasteiger partial charge in [0.2, 0.25) is 0 Å². The Bertz CT molecular complexity index is 194. The summed E-state index contributed by atoms with van der Waals surface area (Å²) in [5, 5.41) is 0. The molecule has 0 radical (unpaired) electrons. The first-order valence-corrected chi connectivity index (χ1v) is 6.01. The number of nitrogens with two attached hydrogens (primary N) is 1. The van der Waals surface area contributed by atoms with Crippen LogP contribution in [0.15, 0.2) is 0 Å². The Morgan fingerprint density at radius 3 is 2.73 bits per heavy atom. The van der Waals surface area contributed by atoms with Crippen LogP contribution in [0.5, 0.6) is 0 Å². The zero-order chi connectivity index (χ0) is 11.5. The third-order valence-corrected chi connectivity index (χ3v) is 3.60. The maximum Gasteiger partial charge on any atom is 0.0637 e. The van der Waals surface area contributed by atoms with E-state index in [0.717, 1.165) is 13.0 Å². The topological polar surface area (TPSA) is 38.5 Å². The van der Waals surface area contributed by atoms with Crippen LogP contribution in [-0.2, 0) is 4.74 Å². The smallest absolute Gasteiger partial charge is 0.0637 e. The van der Waals surface area contributed by atoms with Crippen LogP contribution in [-0.4, -0.2) is 42.8 Å². The number of likely N-dealkylation sites (tertiary alicyclic amines) is 1. The summed E-state index contributed by atoms with van der Waals surface area (Å²) in [6.45, 7) is 8.57. The van der Waals surface area contributed by atoms with E-state index < -0.39 is 0 Å². The van der Waals surface area contributed by atoms with Gasteiger partial charge in [-0.15, -0.1) is 0 Å². The number of ether oxygens (including phenoxy) is 1. The van der Waals surface area contributed by atoms with E-state index in [-0.39, 0.29) is 5.60 Å². The maximum absolute atomic E-state index is 5.79. The molecule has 2 unspecified atom stereocenters. The number of nitrogens with zero attached hydrogens (tertiary/aromatic N) is 1. The highest BCUT2D eigenvalue weighted by Gasteiger charge is 2.30. The SMILES string of the molecule is COC(C)(C)CC(C)N1CCCC1CN. The van der Waals surface area contributed by atoms with E-state index in [1.807, 2.05) is 0 Å². The predicted octanol–water partition coefficient (Wildman–Crippen LogP) is 1.61. The third kappa shape index (κ3) is 3.44. The van der Waals surface area contributed by atoms with Gasteiger partial charge in [0.05, 0.1) is 5.60 Å². The standard InChI is InChI=1S/C12H26N2O/c1-10(8-12(2,3)15-4)14-7-5-6-11(14)9-13/h10-11H,5-9,13H2,1-4H3. The number of hydrogen-bond acceptors (Lipinski definition) is 3. The fourth-order valence-electron chi connectivity index (χ4n) is 2.60. The second kappa shape index (κ2) is 5.28. The molecular formula is C12H26N2O. The van der Waals surface area contributed by atoms with Gasteiger partial charge >= 0.3 is 0 Å². The first kappa shape index (κ1) is 12.9. The molecule has 1 aliphatic heterocycles. The molecule has 0 saturated carbocycles. The molecule has 0 spiro atoms. The van der Waals surface area contributed by atoms with Gasteiger partial charge in [-0.05, 0) is 46.6 Å². The highest BCUT2D eigenvalue weighted by molar-refractivity contribution is 4.86. The minimum Gasteiger partial charge on any atom is -0.379 e. The Morgan fingerprint density at radius 2 is 2.20 bits per heavy atom. The zero-order valence-electron chi connectivity index (χ0n) is 10.6. The van der Waals surface area contributed by atoms with Gasteiger partial charge in [0.1, 0.15) is 0 Å². The van der Waals surface area contributed by atoms with Gasteiger partial charge in [-0.2, -0.15) is 0 Å². The Kier molecular flexibility index (Phi) is 4.56. The lowest BCUT2D eigenvalue weighted by molar-refractivity contribution is -0.00741. The van der Waals surface area contributed by atoms with Crippen LogP contribution in [0.2, 0.25) is 0 Å². The van der Waals surface area contributed by atoms with Gasteiger partial charge in [-0.1, -0.05) is 0 Å². The van der Waals surface area contributed by atoms with Gasteiger partial charge in [0.15, 0.2) is 0 Å². The molecule has 0 aromatic carbocycles. The normalized spacial score (nSPS) is 25.8. The molecule has 0 aromatic heterocycles. The average Bonchev–Trinajstić information content (AvgIpc) is 2.64. The third-order valence-electron chi connectivity index (χ3n) is 3.60. The summed E-state index contributed by atoms with van der Waals surface area (Å²) in [6.07, 6.45) is 3.62. The first-order valence-electron chi connectivity index (χ1n) is 6.01. The van der Waals surface area contributed by atoms with Crippen LogP contribution >= 0.6 is 0 Å². The molecule has 3 heteroatoms. The molecule has 90 valence electrons. The lowest BCUT2D eigenvalue weighted by atomic mass is 9.98. The van der Waals surface area contributed by atoms with Crippen molar-refractivity contribution in [3.8, 4) is 0 Å². The molecule has 1 heterocycles. The van der Waals surface area contributed by atoms with Gasteiger partial charge < -0.3 is 10.5 Å². The Labute approximate surface area is 94.0 Å². The molecule has 3 nitrogen and oxygen atoms in total. The molecule has 0 bridgehead atoms. The van der Waals surface area contributed by atoms with Crippen molar-refractivity contribution in [2.24, 2.45) is 5.73 Å². The highest BCUT2D eigenvalue weighted by Crippen LogP contribution is 2.25. The molecule has 0 aromatic rings. The van der Waals surface area contributed by atoms with E-state index in [0.29, 0.717) is 12.1 Å². The lowest BCUT2D eigenvalue weighted by Crippen LogP contribution is -2.44. The minimum absolute atomic E-state index is 0.0266. The Balaban J connectivity index is 2.49. The molecule has 1 saturated heterocycles. The molecule has 2 atom stereocenters. The Morgan fingerprint density at radius 1 is 1.53 bits per heavy atom. The van der Waals surface area contributed by atoms with Gasteiger partial charge in [0.25, 0.3) is 0 Å². The van der Waals surface area contributed by atoms with E-state index in [9.17, 15) is 0 Å². The van der Waals surface area contributed by atoms with Gasteiger partial charge in [-0.25, -0.2) is 0 Å². The van der Waals surface area contributed by atoms with Crippen molar-refractivity contribution in [1.29, 1.82) is 0 Å². The van der Waals surface area contributed by atoms with E-state index in [4.69, 9.17) is 10.5 Å². The van der Waals surface area contributed by atoms with Crippen LogP contribution in [0.25, 0.3) is 0 Å². The number of methoxy groups -OCH3 is 1. The molecule has 1 rings (SSSR count). The summed E-state index contributed by atoms with van der Waals surface area (Å²) in [6, 6.07) is 1.16. The highest BCUT2D eigenvalue weighted by atomic mass is 16.5. The molecule has 1 aliphatic rings. The maximum atomic E-state index is 5.79. The van der Waals surface area contributed by atoms with Crippen molar-refractivity contribution < 1.29 is 4.74 Å². The fourth-order valence-corrected chi connectivity index (χ4v) is 2.60. The summed E-state index contributed by atoms with van der Waals surface area (Å²) >= 11 is 0. The molecule has 1 fully saturated rings. The van der Waals surface area contributed by atoms with Crippen LogP contribution < -0.4 is 5.73 Å². The largest absolute Gasteiger partial charge is 0.379 e. The lowest BCUT2D eigenvalue weighted by Gasteiger charge is -2.35. The molecular weight excluding hydrogens is 188 g/mol. The molecule has 0 aliphatic carbocycles. The van der Waals surface area contributed by atoms with Crippen LogP contribution in [0.1, 0.15) is 40.0 Å². The van der Waals surface area contributed by atoms with E-state index in [2.05, 4.69) is 25.7 Å². The second-order valence-electron chi connectivity index (χ2n) is 5.29. The number of rotatable bonds is 5. The molecule has 2 N–H and O–H groups in total. The van der Waals surface area contributed by atoms with Gasteiger partial charge in [0, 0.05) is 25.7 Å². The van der Waals surface area contributed by atoms with Crippen molar-refractivity contribution in [1.82, 2.24) is 4.90 Å². The monoisotopic (exact) mass is 214 g/mol. The van der Waals surface area contributed by atoms with Crippen molar-refractivity contribution in [2.45, 2.75) is 57.7 Å². The zero-order valence-corrected chi connectivity index (χ0v) is 10.6. The summed E-state index contributed by atoms with van der Waals surface area (Å²) in [5.41, 5.74) is 5.76. The van der Waals surface area contributed by atoms with Crippen molar-refractivity contribution in [3.05, 3.63) is 0 Å².